The summed E-state index contributed by atoms with van der Waals surface area (Å²) in [6.07, 6.45) is 5.13. The Morgan fingerprint density at radius 1 is 1.13 bits per heavy atom. The van der Waals surface area contributed by atoms with E-state index in [0.717, 1.165) is 43.6 Å². The van der Waals surface area contributed by atoms with Crippen molar-refractivity contribution < 1.29 is 9.53 Å². The van der Waals surface area contributed by atoms with Gasteiger partial charge >= 0.3 is 0 Å². The van der Waals surface area contributed by atoms with E-state index in [1.807, 2.05) is 12.1 Å². The van der Waals surface area contributed by atoms with Crippen LogP contribution in [-0.4, -0.2) is 25.7 Å². The van der Waals surface area contributed by atoms with Crippen LogP contribution in [0, 0.1) is 0 Å². The first-order valence-corrected chi connectivity index (χ1v) is 9.45. The molecule has 0 spiro atoms. The van der Waals surface area contributed by atoms with Crippen molar-refractivity contribution in [1.82, 2.24) is 5.32 Å². The van der Waals surface area contributed by atoms with Crippen LogP contribution in [0.2, 0.25) is 0 Å². The Hall–Kier alpha value is -1.39. The van der Waals surface area contributed by atoms with Crippen molar-refractivity contribution in [2.24, 2.45) is 0 Å². The maximum Gasteiger partial charge on any atom is 0.261 e. The lowest BCUT2D eigenvalue weighted by Crippen LogP contribution is -2.25. The van der Waals surface area contributed by atoms with Crippen molar-refractivity contribution in [3.8, 4) is 0 Å². The molecule has 3 nitrogen and oxygen atoms in total. The Balaban J connectivity index is 1.91. The fourth-order valence-corrected chi connectivity index (χ4v) is 3.75. The summed E-state index contributed by atoms with van der Waals surface area (Å²) in [6.45, 7) is 6.52. The highest BCUT2D eigenvalue weighted by Gasteiger charge is 2.17. The van der Waals surface area contributed by atoms with Gasteiger partial charge in [-0.25, -0.2) is 0 Å². The van der Waals surface area contributed by atoms with Crippen LogP contribution in [0.3, 0.4) is 0 Å². The van der Waals surface area contributed by atoms with Gasteiger partial charge in [0, 0.05) is 24.5 Å². The highest BCUT2D eigenvalue weighted by atomic mass is 32.1. The molecule has 0 aliphatic rings. The van der Waals surface area contributed by atoms with Gasteiger partial charge in [-0.2, -0.15) is 0 Å². The molecule has 2 rings (SSSR count). The third kappa shape index (κ3) is 5.05. The number of aryl methyl sites for hydroxylation is 1. The van der Waals surface area contributed by atoms with E-state index < -0.39 is 0 Å². The highest BCUT2D eigenvalue weighted by Crippen LogP contribution is 2.32. The number of unbranched alkanes of at least 4 members (excludes halogenated alkanes) is 1. The van der Waals surface area contributed by atoms with Gasteiger partial charge in [0.2, 0.25) is 0 Å². The third-order valence-corrected chi connectivity index (χ3v) is 5.01. The smallest absolute Gasteiger partial charge is 0.261 e. The van der Waals surface area contributed by atoms with Crippen LogP contribution in [0.5, 0.6) is 0 Å². The lowest BCUT2D eigenvalue weighted by Gasteiger charge is -2.07. The van der Waals surface area contributed by atoms with Crippen molar-refractivity contribution in [2.45, 2.75) is 46.0 Å². The zero-order valence-corrected chi connectivity index (χ0v) is 15.0. The number of benzene rings is 1. The van der Waals surface area contributed by atoms with E-state index >= 15 is 0 Å². The number of rotatable bonds is 10. The maximum absolute atomic E-state index is 12.5. The van der Waals surface area contributed by atoms with E-state index in [4.69, 9.17) is 4.74 Å². The van der Waals surface area contributed by atoms with E-state index in [2.05, 4.69) is 31.3 Å². The molecule has 0 atom stereocenters. The first-order chi connectivity index (χ1) is 11.3. The predicted molar refractivity (Wildman–Crippen MR) is 98.5 cm³/mol. The second-order valence-electron chi connectivity index (χ2n) is 5.73. The molecular weight excluding hydrogens is 306 g/mol. The molecule has 1 amide bonds. The maximum atomic E-state index is 12.5. The monoisotopic (exact) mass is 333 g/mol. The minimum Gasteiger partial charge on any atom is -0.381 e. The van der Waals surface area contributed by atoms with Crippen molar-refractivity contribution in [2.75, 3.05) is 19.8 Å². The molecule has 0 fully saturated rings. The zero-order valence-electron chi connectivity index (χ0n) is 14.2. The van der Waals surface area contributed by atoms with E-state index in [-0.39, 0.29) is 5.91 Å². The molecule has 2 aromatic rings. The fraction of sp³-hybridized carbons (Fsp3) is 0.526. The zero-order chi connectivity index (χ0) is 16.5. The minimum absolute atomic E-state index is 0.0585. The summed E-state index contributed by atoms with van der Waals surface area (Å²) < 4.78 is 6.72. The van der Waals surface area contributed by atoms with Gasteiger partial charge < -0.3 is 10.1 Å². The number of ether oxygens (including phenoxy) is 1. The van der Waals surface area contributed by atoms with Crippen LogP contribution >= 0.6 is 11.3 Å². The summed E-state index contributed by atoms with van der Waals surface area (Å²) in [5.74, 6) is 0.0585. The number of fused-ring (bicyclic) bond motifs is 1. The Bertz CT molecular complexity index is 621. The van der Waals surface area contributed by atoms with Crippen LogP contribution in [0.15, 0.2) is 24.3 Å². The standard InChI is InChI=1S/C19H27NO2S/c1-3-5-13-22-14-8-12-20-19(21)18-16(9-4-2)15-10-6-7-11-17(15)23-18/h6-7,10-11H,3-5,8-9,12-14H2,1-2H3,(H,20,21). The molecule has 4 heteroatoms. The number of hydrogen-bond acceptors (Lipinski definition) is 3. The fourth-order valence-electron chi connectivity index (χ4n) is 2.59. The van der Waals surface area contributed by atoms with Gasteiger partial charge in [-0.05, 0) is 36.3 Å². The first-order valence-electron chi connectivity index (χ1n) is 8.64. The van der Waals surface area contributed by atoms with Crippen molar-refractivity contribution in [1.29, 1.82) is 0 Å². The summed E-state index contributed by atoms with van der Waals surface area (Å²) >= 11 is 1.60. The number of carbonyl (C=O) groups excluding carboxylic acids is 1. The van der Waals surface area contributed by atoms with Crippen LogP contribution in [0.4, 0.5) is 0 Å². The van der Waals surface area contributed by atoms with Crippen LogP contribution in [0.25, 0.3) is 10.1 Å². The molecule has 1 aromatic heterocycles. The summed E-state index contributed by atoms with van der Waals surface area (Å²) in [5, 5.41) is 4.27. The quantitative estimate of drug-likeness (QED) is 0.635. The number of thiophene rings is 1. The summed E-state index contributed by atoms with van der Waals surface area (Å²) in [7, 11) is 0. The average molecular weight is 333 g/mol. The van der Waals surface area contributed by atoms with Gasteiger partial charge in [-0.3, -0.25) is 4.79 Å². The lowest BCUT2D eigenvalue weighted by molar-refractivity contribution is 0.0943. The molecule has 126 valence electrons. The molecule has 0 aliphatic carbocycles. The van der Waals surface area contributed by atoms with Crippen LogP contribution in [-0.2, 0) is 11.2 Å². The largest absolute Gasteiger partial charge is 0.381 e. The summed E-state index contributed by atoms with van der Waals surface area (Å²) in [6, 6.07) is 8.29. The van der Waals surface area contributed by atoms with Gasteiger partial charge in [0.1, 0.15) is 0 Å². The van der Waals surface area contributed by atoms with Crippen LogP contribution < -0.4 is 5.32 Å². The van der Waals surface area contributed by atoms with Gasteiger partial charge in [-0.1, -0.05) is 44.9 Å². The SMILES string of the molecule is CCCCOCCCNC(=O)c1sc2ccccc2c1CCC. The first kappa shape index (κ1) is 18.0. The van der Waals surface area contributed by atoms with E-state index in [9.17, 15) is 4.79 Å². The molecule has 0 saturated heterocycles. The number of carbonyl (C=O) groups is 1. The van der Waals surface area contributed by atoms with Gasteiger partial charge in [0.25, 0.3) is 5.91 Å². The second-order valence-corrected chi connectivity index (χ2v) is 6.78. The average Bonchev–Trinajstić information content (AvgIpc) is 2.93. The van der Waals surface area contributed by atoms with Crippen molar-refractivity contribution in [3.05, 3.63) is 34.7 Å². The molecule has 0 radical (unpaired) electrons. The summed E-state index contributed by atoms with van der Waals surface area (Å²) in [5.41, 5.74) is 1.20. The van der Waals surface area contributed by atoms with Crippen molar-refractivity contribution in [3.63, 3.8) is 0 Å². The molecule has 0 unspecified atom stereocenters. The third-order valence-electron chi connectivity index (χ3n) is 3.80. The van der Waals surface area contributed by atoms with Gasteiger partial charge in [0.05, 0.1) is 4.88 Å². The summed E-state index contributed by atoms with van der Waals surface area (Å²) in [4.78, 5) is 13.4. The Labute approximate surface area is 143 Å². The van der Waals surface area contributed by atoms with E-state index in [0.29, 0.717) is 13.2 Å². The normalized spacial score (nSPS) is 11.0. The predicted octanol–water partition coefficient (Wildman–Crippen LogP) is 4.79. The Kier molecular flexibility index (Phi) is 7.56. The van der Waals surface area contributed by atoms with E-state index in [1.165, 1.54) is 15.6 Å². The molecule has 1 heterocycles. The van der Waals surface area contributed by atoms with Crippen LogP contribution in [0.1, 0.15) is 54.8 Å². The Morgan fingerprint density at radius 2 is 1.91 bits per heavy atom. The van der Waals surface area contributed by atoms with Gasteiger partial charge in [-0.15, -0.1) is 11.3 Å². The number of amides is 1. The van der Waals surface area contributed by atoms with E-state index in [1.54, 1.807) is 11.3 Å². The van der Waals surface area contributed by atoms with Gasteiger partial charge in [0.15, 0.2) is 0 Å². The molecule has 0 bridgehead atoms. The minimum atomic E-state index is 0.0585. The molecular formula is C19H27NO2S. The topological polar surface area (TPSA) is 38.3 Å². The Morgan fingerprint density at radius 3 is 2.70 bits per heavy atom. The lowest BCUT2D eigenvalue weighted by atomic mass is 10.1. The molecule has 1 N–H and O–H groups in total. The molecule has 1 aromatic carbocycles. The number of hydrogen-bond donors (Lipinski definition) is 1. The highest BCUT2D eigenvalue weighted by molar-refractivity contribution is 7.21. The molecule has 0 saturated carbocycles. The molecule has 0 aliphatic heterocycles. The van der Waals surface area contributed by atoms with Crippen molar-refractivity contribution >= 4 is 27.3 Å². The number of nitrogens with one attached hydrogen (secondary N) is 1. The molecule has 23 heavy (non-hydrogen) atoms. The second kappa shape index (κ2) is 9.68.